The van der Waals surface area contributed by atoms with Gasteiger partial charge in [-0.1, -0.05) is 19.3 Å². The van der Waals surface area contributed by atoms with Crippen molar-refractivity contribution in [2.45, 2.75) is 50.5 Å². The molecule has 2 aliphatic rings. The SMILES string of the molecule is O=C(CN1C(=O)NC2(CCCCC2)C1=O)NCCCc1nc(-c2ccncc2)cs1. The summed E-state index contributed by atoms with van der Waals surface area (Å²) in [5, 5.41) is 8.65. The first-order valence-electron chi connectivity index (χ1n) is 10.3. The van der Waals surface area contributed by atoms with E-state index in [1.807, 2.05) is 17.5 Å². The fourth-order valence-corrected chi connectivity index (χ4v) is 4.91. The van der Waals surface area contributed by atoms with Gasteiger partial charge in [-0.3, -0.25) is 19.5 Å². The van der Waals surface area contributed by atoms with Crippen molar-refractivity contribution in [3.63, 3.8) is 0 Å². The minimum Gasteiger partial charge on any atom is -0.355 e. The van der Waals surface area contributed by atoms with Gasteiger partial charge < -0.3 is 10.6 Å². The number of thiazole rings is 1. The van der Waals surface area contributed by atoms with Crippen molar-refractivity contribution in [1.82, 2.24) is 25.5 Å². The minimum absolute atomic E-state index is 0.226. The van der Waals surface area contributed by atoms with Crippen LogP contribution < -0.4 is 10.6 Å². The molecular weight excluding hydrogens is 402 g/mol. The van der Waals surface area contributed by atoms with Crippen molar-refractivity contribution in [2.24, 2.45) is 0 Å². The summed E-state index contributed by atoms with van der Waals surface area (Å²) >= 11 is 1.59. The second kappa shape index (κ2) is 8.91. The van der Waals surface area contributed by atoms with Crippen molar-refractivity contribution in [3.05, 3.63) is 34.9 Å². The van der Waals surface area contributed by atoms with Gasteiger partial charge in [-0.2, -0.15) is 0 Å². The van der Waals surface area contributed by atoms with Crippen LogP contribution in [0.5, 0.6) is 0 Å². The predicted octanol–water partition coefficient (Wildman–Crippen LogP) is 2.51. The molecule has 158 valence electrons. The van der Waals surface area contributed by atoms with E-state index in [1.54, 1.807) is 23.7 Å². The van der Waals surface area contributed by atoms with Crippen molar-refractivity contribution >= 4 is 29.2 Å². The number of amides is 4. The molecule has 2 N–H and O–H groups in total. The fraction of sp³-hybridized carbons (Fsp3) is 0.476. The number of nitrogens with one attached hydrogen (secondary N) is 2. The molecule has 4 amide bonds. The van der Waals surface area contributed by atoms with Gasteiger partial charge in [0.25, 0.3) is 5.91 Å². The van der Waals surface area contributed by atoms with Crippen molar-refractivity contribution in [2.75, 3.05) is 13.1 Å². The van der Waals surface area contributed by atoms with Crippen LogP contribution in [-0.4, -0.2) is 51.3 Å². The Morgan fingerprint density at radius 2 is 1.97 bits per heavy atom. The van der Waals surface area contributed by atoms with Crippen molar-refractivity contribution < 1.29 is 14.4 Å². The Morgan fingerprint density at radius 1 is 1.20 bits per heavy atom. The minimum atomic E-state index is -0.785. The van der Waals surface area contributed by atoms with E-state index >= 15 is 0 Å². The summed E-state index contributed by atoms with van der Waals surface area (Å²) in [5.74, 6) is -0.572. The number of hydrogen-bond donors (Lipinski definition) is 2. The number of pyridine rings is 1. The number of carbonyl (C=O) groups is 3. The Kier molecular flexibility index (Phi) is 6.08. The number of aryl methyl sites for hydroxylation is 1. The molecule has 1 saturated heterocycles. The largest absolute Gasteiger partial charge is 0.355 e. The highest BCUT2D eigenvalue weighted by atomic mass is 32.1. The van der Waals surface area contributed by atoms with E-state index in [1.165, 1.54) is 0 Å². The lowest BCUT2D eigenvalue weighted by molar-refractivity contribution is -0.135. The van der Waals surface area contributed by atoms with Gasteiger partial charge in [0.2, 0.25) is 5.91 Å². The van der Waals surface area contributed by atoms with Gasteiger partial charge in [0, 0.05) is 36.3 Å². The molecule has 2 aromatic rings. The maximum atomic E-state index is 12.7. The third-order valence-electron chi connectivity index (χ3n) is 5.67. The molecule has 0 bridgehead atoms. The lowest BCUT2D eigenvalue weighted by Gasteiger charge is -2.30. The highest BCUT2D eigenvalue weighted by Gasteiger charge is 2.51. The maximum absolute atomic E-state index is 12.7. The molecule has 0 atom stereocenters. The highest BCUT2D eigenvalue weighted by Crippen LogP contribution is 2.33. The average Bonchev–Trinajstić information content (AvgIpc) is 3.32. The molecule has 9 heteroatoms. The van der Waals surface area contributed by atoms with Crippen LogP contribution in [-0.2, 0) is 16.0 Å². The molecular formula is C21H25N5O3S. The van der Waals surface area contributed by atoms with Gasteiger partial charge in [0.05, 0.1) is 10.7 Å². The number of hydrogen-bond acceptors (Lipinski definition) is 6. The van der Waals surface area contributed by atoms with E-state index in [0.717, 1.165) is 53.3 Å². The molecule has 30 heavy (non-hydrogen) atoms. The van der Waals surface area contributed by atoms with Crippen LogP contribution in [0.2, 0.25) is 0 Å². The van der Waals surface area contributed by atoms with E-state index in [0.29, 0.717) is 19.4 Å². The van der Waals surface area contributed by atoms with Crippen LogP contribution in [0.25, 0.3) is 11.3 Å². The number of aromatic nitrogens is 2. The van der Waals surface area contributed by atoms with Gasteiger partial charge in [0.1, 0.15) is 12.1 Å². The lowest BCUT2D eigenvalue weighted by Crippen LogP contribution is -2.49. The first-order valence-corrected chi connectivity index (χ1v) is 11.2. The van der Waals surface area contributed by atoms with E-state index in [2.05, 4.69) is 20.6 Å². The molecule has 2 fully saturated rings. The Morgan fingerprint density at radius 3 is 2.73 bits per heavy atom. The highest BCUT2D eigenvalue weighted by molar-refractivity contribution is 7.09. The molecule has 8 nitrogen and oxygen atoms in total. The average molecular weight is 428 g/mol. The zero-order valence-electron chi connectivity index (χ0n) is 16.7. The third-order valence-corrected chi connectivity index (χ3v) is 6.58. The smallest absolute Gasteiger partial charge is 0.325 e. The topological polar surface area (TPSA) is 104 Å². The third kappa shape index (κ3) is 4.35. The zero-order chi connectivity index (χ0) is 21.0. The monoisotopic (exact) mass is 427 g/mol. The zero-order valence-corrected chi connectivity index (χ0v) is 17.5. The van der Waals surface area contributed by atoms with Gasteiger partial charge in [-0.05, 0) is 31.4 Å². The fourth-order valence-electron chi connectivity index (χ4n) is 4.06. The van der Waals surface area contributed by atoms with Gasteiger partial charge in [-0.25, -0.2) is 9.78 Å². The summed E-state index contributed by atoms with van der Waals surface area (Å²) in [7, 11) is 0. The van der Waals surface area contributed by atoms with Crippen molar-refractivity contribution in [3.8, 4) is 11.3 Å². The maximum Gasteiger partial charge on any atom is 0.325 e. The van der Waals surface area contributed by atoms with E-state index in [9.17, 15) is 14.4 Å². The van der Waals surface area contributed by atoms with E-state index in [-0.39, 0.29) is 18.4 Å². The molecule has 4 rings (SSSR count). The first-order chi connectivity index (χ1) is 14.6. The summed E-state index contributed by atoms with van der Waals surface area (Å²) in [6, 6.07) is 3.39. The summed E-state index contributed by atoms with van der Waals surface area (Å²) in [4.78, 5) is 46.9. The Hall–Kier alpha value is -2.81. The summed E-state index contributed by atoms with van der Waals surface area (Å²) < 4.78 is 0. The second-order valence-corrected chi connectivity index (χ2v) is 8.72. The Balaban J connectivity index is 1.22. The number of carbonyl (C=O) groups excluding carboxylic acids is 3. The van der Waals surface area contributed by atoms with Crippen LogP contribution in [0.15, 0.2) is 29.9 Å². The standard InChI is InChI=1S/C21H25N5O3S/c27-17(13-26-19(28)21(25-20(26)29)8-2-1-3-9-21)23-10-4-5-18-24-16(14-30-18)15-6-11-22-12-7-15/h6-7,11-12,14H,1-5,8-10,13H2,(H,23,27)(H,25,29). The quantitative estimate of drug-likeness (QED) is 0.522. The number of urea groups is 1. The molecule has 1 aliphatic heterocycles. The summed E-state index contributed by atoms with van der Waals surface area (Å²) in [6.45, 7) is 0.244. The van der Waals surface area contributed by atoms with Crippen molar-refractivity contribution in [1.29, 1.82) is 0 Å². The number of imide groups is 1. The molecule has 2 aromatic heterocycles. The lowest BCUT2D eigenvalue weighted by atomic mass is 9.82. The summed E-state index contributed by atoms with van der Waals surface area (Å²) in [5.41, 5.74) is 1.18. The molecule has 1 aliphatic carbocycles. The van der Waals surface area contributed by atoms with E-state index < -0.39 is 11.6 Å². The van der Waals surface area contributed by atoms with Crippen LogP contribution in [0, 0.1) is 0 Å². The predicted molar refractivity (Wildman–Crippen MR) is 113 cm³/mol. The Bertz CT molecular complexity index is 924. The van der Waals surface area contributed by atoms with E-state index in [4.69, 9.17) is 0 Å². The first kappa shape index (κ1) is 20.5. The Labute approximate surface area is 179 Å². The molecule has 3 heterocycles. The van der Waals surface area contributed by atoms with Crippen LogP contribution in [0.1, 0.15) is 43.5 Å². The molecule has 1 saturated carbocycles. The van der Waals surface area contributed by atoms with Crippen LogP contribution in [0.4, 0.5) is 4.79 Å². The van der Waals surface area contributed by atoms with Gasteiger partial charge >= 0.3 is 6.03 Å². The normalized spacial score (nSPS) is 17.9. The second-order valence-electron chi connectivity index (χ2n) is 7.78. The molecule has 1 spiro atoms. The van der Waals surface area contributed by atoms with Crippen LogP contribution in [0.3, 0.4) is 0 Å². The van der Waals surface area contributed by atoms with Gasteiger partial charge in [0.15, 0.2) is 0 Å². The number of nitrogens with zero attached hydrogens (tertiary/aromatic N) is 3. The van der Waals surface area contributed by atoms with Gasteiger partial charge in [-0.15, -0.1) is 11.3 Å². The molecule has 0 radical (unpaired) electrons. The number of rotatable bonds is 7. The molecule has 0 unspecified atom stereocenters. The summed E-state index contributed by atoms with van der Waals surface area (Å²) in [6.07, 6.45) is 9.21. The molecule has 0 aromatic carbocycles. The van der Waals surface area contributed by atoms with Crippen LogP contribution >= 0.6 is 11.3 Å².